The lowest BCUT2D eigenvalue weighted by Gasteiger charge is -2.16. The van der Waals surface area contributed by atoms with Crippen molar-refractivity contribution < 1.29 is 19.1 Å². The van der Waals surface area contributed by atoms with Gasteiger partial charge in [0.25, 0.3) is 0 Å². The van der Waals surface area contributed by atoms with Gasteiger partial charge in [-0.25, -0.2) is 4.99 Å². The zero-order chi connectivity index (χ0) is 24.7. The van der Waals surface area contributed by atoms with E-state index in [9.17, 15) is 14.4 Å². The lowest BCUT2D eigenvalue weighted by Crippen LogP contribution is -2.34. The van der Waals surface area contributed by atoms with Gasteiger partial charge in [0, 0.05) is 37.9 Å². The van der Waals surface area contributed by atoms with E-state index >= 15 is 0 Å². The molecule has 1 aliphatic rings. The number of benzene rings is 2. The number of methoxy groups -OCH3 is 1. The number of amidine groups is 1. The highest BCUT2D eigenvalue weighted by Gasteiger charge is 2.38. The molecule has 0 saturated carbocycles. The molecule has 3 rings (SSSR count). The van der Waals surface area contributed by atoms with Gasteiger partial charge in [-0.2, -0.15) is 0 Å². The second-order valence-electron chi connectivity index (χ2n) is 8.47. The van der Waals surface area contributed by atoms with Crippen LogP contribution in [0.5, 0.6) is 0 Å². The lowest BCUT2D eigenvalue weighted by atomic mass is 10.0. The minimum absolute atomic E-state index is 0.0318. The first-order valence-corrected chi connectivity index (χ1v) is 12.2. The Labute approximate surface area is 205 Å². The van der Waals surface area contributed by atoms with Crippen molar-refractivity contribution in [2.24, 2.45) is 4.99 Å². The van der Waals surface area contributed by atoms with E-state index in [1.54, 1.807) is 36.3 Å². The Morgan fingerprint density at radius 3 is 2.38 bits per heavy atom. The van der Waals surface area contributed by atoms with E-state index in [-0.39, 0.29) is 24.0 Å². The van der Waals surface area contributed by atoms with Gasteiger partial charge in [0.15, 0.2) is 11.0 Å². The zero-order valence-electron chi connectivity index (χ0n) is 20.0. The van der Waals surface area contributed by atoms with Crippen LogP contribution < -0.4 is 5.32 Å². The molecule has 0 aliphatic carbocycles. The van der Waals surface area contributed by atoms with Crippen molar-refractivity contribution >= 4 is 45.9 Å². The molecule has 2 aromatic rings. The van der Waals surface area contributed by atoms with Crippen LogP contribution in [0.25, 0.3) is 0 Å². The Bertz CT molecular complexity index is 1050. The molecule has 1 unspecified atom stereocenters. The van der Waals surface area contributed by atoms with E-state index in [0.717, 1.165) is 5.69 Å². The van der Waals surface area contributed by atoms with Crippen molar-refractivity contribution in [3.05, 3.63) is 59.7 Å². The highest BCUT2D eigenvalue weighted by atomic mass is 32.2. The summed E-state index contributed by atoms with van der Waals surface area (Å²) in [4.78, 5) is 43.6. The number of aliphatic imine (C=N–C) groups is 1. The van der Waals surface area contributed by atoms with Crippen LogP contribution in [-0.4, -0.2) is 53.2 Å². The molecule has 1 aliphatic heterocycles. The Hall–Kier alpha value is -2.97. The normalized spacial score (nSPS) is 17.0. The number of amides is 2. The fraction of sp³-hybridized carbons (Fsp3) is 0.385. The van der Waals surface area contributed by atoms with Crippen molar-refractivity contribution in [3.63, 3.8) is 0 Å². The van der Waals surface area contributed by atoms with Crippen LogP contribution in [0.2, 0.25) is 0 Å². The van der Waals surface area contributed by atoms with Crippen LogP contribution in [0.1, 0.15) is 55.5 Å². The molecular weight excluding hydrogens is 450 g/mol. The van der Waals surface area contributed by atoms with E-state index in [1.165, 1.54) is 24.2 Å². The number of anilines is 1. The minimum atomic E-state index is -0.548. The van der Waals surface area contributed by atoms with Crippen molar-refractivity contribution in [1.29, 1.82) is 0 Å². The third-order valence-corrected chi connectivity index (χ3v) is 6.66. The third-order valence-electron chi connectivity index (χ3n) is 5.48. The number of carbonyl (C=O) groups is 3. The van der Waals surface area contributed by atoms with Gasteiger partial charge < -0.3 is 10.1 Å². The molecule has 1 heterocycles. The number of nitrogens with zero attached hydrogens (tertiary/aromatic N) is 2. The first-order valence-electron chi connectivity index (χ1n) is 11.3. The Morgan fingerprint density at radius 1 is 1.12 bits per heavy atom. The second kappa shape index (κ2) is 11.9. The quantitative estimate of drug-likeness (QED) is 0.381. The molecule has 0 spiro atoms. The molecule has 1 fully saturated rings. The van der Waals surface area contributed by atoms with Crippen LogP contribution in [0, 0.1) is 0 Å². The summed E-state index contributed by atoms with van der Waals surface area (Å²) in [5.41, 5.74) is 3.16. The van der Waals surface area contributed by atoms with Gasteiger partial charge in [-0.15, -0.1) is 0 Å². The highest BCUT2D eigenvalue weighted by molar-refractivity contribution is 8.15. The number of hydrogen-bond donors (Lipinski definition) is 1. The third kappa shape index (κ3) is 6.77. The van der Waals surface area contributed by atoms with E-state index < -0.39 is 5.25 Å². The number of rotatable bonds is 10. The second-order valence-corrected chi connectivity index (χ2v) is 9.64. The summed E-state index contributed by atoms with van der Waals surface area (Å²) < 4.78 is 5.14. The van der Waals surface area contributed by atoms with Gasteiger partial charge in [-0.1, -0.05) is 37.7 Å². The summed E-state index contributed by atoms with van der Waals surface area (Å²) in [6.07, 6.45) is 0.708. The fourth-order valence-corrected chi connectivity index (χ4v) is 4.69. The maximum Gasteiger partial charge on any atom is 0.242 e. The predicted octanol–water partition coefficient (Wildman–Crippen LogP) is 5.01. The number of ether oxygens (including phenoxy) is 1. The number of ketones is 1. The Balaban J connectivity index is 1.71. The lowest BCUT2D eigenvalue weighted by molar-refractivity contribution is -0.128. The first kappa shape index (κ1) is 25.6. The van der Waals surface area contributed by atoms with Gasteiger partial charge in [0.05, 0.1) is 5.69 Å². The smallest absolute Gasteiger partial charge is 0.242 e. The summed E-state index contributed by atoms with van der Waals surface area (Å²) >= 11 is 1.32. The summed E-state index contributed by atoms with van der Waals surface area (Å²) in [7, 11) is 1.63. The predicted molar refractivity (Wildman–Crippen MR) is 137 cm³/mol. The zero-order valence-corrected chi connectivity index (χ0v) is 20.9. The van der Waals surface area contributed by atoms with E-state index in [0.29, 0.717) is 41.9 Å². The first-order chi connectivity index (χ1) is 16.3. The van der Waals surface area contributed by atoms with Gasteiger partial charge >= 0.3 is 0 Å². The summed E-state index contributed by atoms with van der Waals surface area (Å²) in [6, 6.07) is 14.7. The van der Waals surface area contributed by atoms with Crippen LogP contribution >= 0.6 is 11.8 Å². The van der Waals surface area contributed by atoms with Crippen LogP contribution in [0.4, 0.5) is 11.4 Å². The molecule has 0 aromatic heterocycles. The monoisotopic (exact) mass is 481 g/mol. The fourth-order valence-electron chi connectivity index (χ4n) is 3.51. The number of carbonyl (C=O) groups excluding carboxylic acids is 3. The van der Waals surface area contributed by atoms with E-state index in [4.69, 9.17) is 9.73 Å². The van der Waals surface area contributed by atoms with Crippen molar-refractivity contribution in [1.82, 2.24) is 4.90 Å². The molecule has 1 atom stereocenters. The molecule has 0 bridgehead atoms. The molecule has 2 amide bonds. The number of Topliss-reactive ketones (excluding diaryl/α,β-unsaturated/α-hetero) is 1. The topological polar surface area (TPSA) is 88.1 Å². The molecule has 180 valence electrons. The number of hydrogen-bond acceptors (Lipinski definition) is 6. The van der Waals surface area contributed by atoms with Gasteiger partial charge in [-0.3, -0.25) is 19.3 Å². The van der Waals surface area contributed by atoms with Crippen LogP contribution in [0.3, 0.4) is 0 Å². The summed E-state index contributed by atoms with van der Waals surface area (Å²) in [5, 5.41) is 2.86. The molecule has 1 saturated heterocycles. The van der Waals surface area contributed by atoms with E-state index in [2.05, 4.69) is 19.2 Å². The average Bonchev–Trinajstić information content (AvgIpc) is 3.08. The minimum Gasteiger partial charge on any atom is -0.385 e. The standard InChI is InChI=1S/C26H31N3O4S/c1-17(2)19-6-10-22(11-7-19)28-26-29(14-5-15-33-4)25(32)23(34-26)16-24(31)27-21-12-8-20(9-13-21)18(3)30/h6-13,17,23H,5,14-16H2,1-4H3,(H,27,31). The maximum absolute atomic E-state index is 13.1. The molecular formula is C26H31N3O4S. The highest BCUT2D eigenvalue weighted by Crippen LogP contribution is 2.32. The van der Waals surface area contributed by atoms with Crippen molar-refractivity contribution in [2.45, 2.75) is 44.8 Å². The summed E-state index contributed by atoms with van der Waals surface area (Å²) in [5.74, 6) is 0.00262. The van der Waals surface area contributed by atoms with Gasteiger partial charge in [0.2, 0.25) is 11.8 Å². The number of nitrogens with one attached hydrogen (secondary N) is 1. The van der Waals surface area contributed by atoms with Crippen LogP contribution in [-0.2, 0) is 14.3 Å². The van der Waals surface area contributed by atoms with Crippen LogP contribution in [0.15, 0.2) is 53.5 Å². The molecule has 7 nitrogen and oxygen atoms in total. The molecule has 0 radical (unpaired) electrons. The largest absolute Gasteiger partial charge is 0.385 e. The average molecular weight is 482 g/mol. The molecule has 34 heavy (non-hydrogen) atoms. The molecule has 8 heteroatoms. The molecule has 1 N–H and O–H groups in total. The van der Waals surface area contributed by atoms with Crippen molar-refractivity contribution in [2.75, 3.05) is 25.6 Å². The SMILES string of the molecule is COCCCN1C(=O)C(CC(=O)Nc2ccc(C(C)=O)cc2)SC1=Nc1ccc(C(C)C)cc1. The number of thioether (sulfide) groups is 1. The Morgan fingerprint density at radius 2 is 1.79 bits per heavy atom. The Kier molecular flexibility index (Phi) is 9.01. The van der Waals surface area contributed by atoms with E-state index in [1.807, 2.05) is 24.3 Å². The van der Waals surface area contributed by atoms with Gasteiger partial charge in [-0.05, 0) is 61.2 Å². The van der Waals surface area contributed by atoms with Crippen molar-refractivity contribution in [3.8, 4) is 0 Å². The maximum atomic E-state index is 13.1. The summed E-state index contributed by atoms with van der Waals surface area (Å²) in [6.45, 7) is 6.78. The molecule has 2 aromatic carbocycles. The van der Waals surface area contributed by atoms with Gasteiger partial charge in [0.1, 0.15) is 5.25 Å².